The second-order valence-corrected chi connectivity index (χ2v) is 4.22. The lowest BCUT2D eigenvalue weighted by molar-refractivity contribution is 0.381. The first-order valence-corrected chi connectivity index (χ1v) is 5.73. The van der Waals surface area contributed by atoms with Crippen molar-refractivity contribution in [1.82, 2.24) is 4.98 Å². The van der Waals surface area contributed by atoms with Gasteiger partial charge in [-0.2, -0.15) is 5.26 Å². The van der Waals surface area contributed by atoms with Crippen LogP contribution in [0.2, 0.25) is 0 Å². The van der Waals surface area contributed by atoms with E-state index in [1.54, 1.807) is 0 Å². The molecule has 0 aliphatic rings. The maximum atomic E-state index is 13.8. The molecule has 7 heteroatoms. The topological polar surface area (TPSA) is 36.7 Å². The van der Waals surface area contributed by atoms with E-state index in [-0.39, 0.29) is 17.7 Å². The Bertz CT molecular complexity index is 736. The van der Waals surface area contributed by atoms with Gasteiger partial charge in [-0.3, -0.25) is 4.98 Å². The summed E-state index contributed by atoms with van der Waals surface area (Å²) < 4.78 is 67.0. The molecule has 0 atom stereocenters. The molecule has 2 nitrogen and oxygen atoms in total. The Morgan fingerprint density at radius 1 is 1.00 bits per heavy atom. The third-order valence-corrected chi connectivity index (χ3v) is 3.03. The van der Waals surface area contributed by atoms with Crippen molar-refractivity contribution in [3.05, 3.63) is 52.5 Å². The van der Waals surface area contributed by atoms with Crippen LogP contribution in [0.4, 0.5) is 22.0 Å². The summed E-state index contributed by atoms with van der Waals surface area (Å²) >= 11 is 0. The summed E-state index contributed by atoms with van der Waals surface area (Å²) in [5, 5.41) is 8.65. The number of hydrogen-bond donors (Lipinski definition) is 0. The highest BCUT2D eigenvalue weighted by molar-refractivity contribution is 5.66. The zero-order valence-corrected chi connectivity index (χ0v) is 10.6. The highest BCUT2D eigenvalue weighted by Gasteiger charge is 2.28. The molecule has 0 spiro atoms. The number of rotatable bonds is 2. The summed E-state index contributed by atoms with van der Waals surface area (Å²) in [6.45, 7) is 1.40. The smallest absolute Gasteiger partial charge is 0.200 e. The minimum absolute atomic E-state index is 0.0727. The molecule has 2 aromatic rings. The van der Waals surface area contributed by atoms with E-state index in [0.717, 1.165) is 6.20 Å². The van der Waals surface area contributed by atoms with E-state index in [1.807, 2.05) is 6.07 Å². The van der Waals surface area contributed by atoms with Crippen LogP contribution in [0, 0.1) is 47.3 Å². The van der Waals surface area contributed by atoms with E-state index in [9.17, 15) is 22.0 Å². The molecule has 0 aliphatic heterocycles. The standard InChI is InChI=1S/C14H7F5N2/c1-6-7(2-4-20)3-5-21-14(6)8-9(15)11(17)13(19)12(18)10(8)16/h3,5H,2H2,1H3. The SMILES string of the molecule is Cc1c(CC#N)ccnc1-c1c(F)c(F)c(F)c(F)c1F. The number of pyridine rings is 1. The summed E-state index contributed by atoms with van der Waals surface area (Å²) in [6.07, 6.45) is 1.07. The molecule has 0 fully saturated rings. The van der Waals surface area contributed by atoms with Crippen molar-refractivity contribution in [2.75, 3.05) is 0 Å². The van der Waals surface area contributed by atoms with Gasteiger partial charge in [-0.1, -0.05) is 0 Å². The van der Waals surface area contributed by atoms with Gasteiger partial charge in [0.2, 0.25) is 5.82 Å². The van der Waals surface area contributed by atoms with Gasteiger partial charge in [-0.05, 0) is 24.1 Å². The van der Waals surface area contributed by atoms with Crippen molar-refractivity contribution in [3.8, 4) is 17.3 Å². The minimum atomic E-state index is -2.22. The van der Waals surface area contributed by atoms with Crippen LogP contribution in [0.25, 0.3) is 11.3 Å². The first-order valence-electron chi connectivity index (χ1n) is 5.73. The average Bonchev–Trinajstić information content (AvgIpc) is 2.47. The van der Waals surface area contributed by atoms with Crippen molar-refractivity contribution < 1.29 is 22.0 Å². The van der Waals surface area contributed by atoms with E-state index in [0.29, 0.717) is 5.56 Å². The third kappa shape index (κ3) is 2.33. The highest BCUT2D eigenvalue weighted by atomic mass is 19.2. The van der Waals surface area contributed by atoms with Gasteiger partial charge in [-0.25, -0.2) is 22.0 Å². The Morgan fingerprint density at radius 3 is 2.05 bits per heavy atom. The number of nitrogens with zero attached hydrogens (tertiary/aromatic N) is 2. The number of halogens is 5. The zero-order valence-electron chi connectivity index (χ0n) is 10.6. The molecule has 108 valence electrons. The Hall–Kier alpha value is -2.49. The average molecular weight is 298 g/mol. The van der Waals surface area contributed by atoms with Gasteiger partial charge in [0.25, 0.3) is 0 Å². The van der Waals surface area contributed by atoms with Crippen molar-refractivity contribution in [2.24, 2.45) is 0 Å². The Balaban J connectivity index is 2.81. The molecule has 1 aromatic heterocycles. The predicted molar refractivity (Wildman–Crippen MR) is 63.5 cm³/mol. The molecule has 0 bridgehead atoms. The lowest BCUT2D eigenvalue weighted by atomic mass is 9.99. The molecule has 21 heavy (non-hydrogen) atoms. The molecule has 1 aromatic carbocycles. The Kier molecular flexibility index (Phi) is 3.89. The van der Waals surface area contributed by atoms with E-state index in [1.165, 1.54) is 13.0 Å². The molecule has 0 amide bonds. The van der Waals surface area contributed by atoms with E-state index in [2.05, 4.69) is 4.98 Å². The van der Waals surface area contributed by atoms with Gasteiger partial charge in [0.05, 0.1) is 23.7 Å². The normalized spacial score (nSPS) is 10.5. The molecule has 0 aliphatic carbocycles. The van der Waals surface area contributed by atoms with Crippen molar-refractivity contribution in [3.63, 3.8) is 0 Å². The Morgan fingerprint density at radius 2 is 1.52 bits per heavy atom. The monoisotopic (exact) mass is 298 g/mol. The van der Waals surface area contributed by atoms with E-state index >= 15 is 0 Å². The Labute approximate surface area is 116 Å². The largest absolute Gasteiger partial charge is 0.256 e. The van der Waals surface area contributed by atoms with Crippen LogP contribution < -0.4 is 0 Å². The van der Waals surface area contributed by atoms with Gasteiger partial charge >= 0.3 is 0 Å². The fourth-order valence-corrected chi connectivity index (χ4v) is 1.92. The number of nitriles is 1. The lowest BCUT2D eigenvalue weighted by Crippen LogP contribution is -2.06. The number of aromatic nitrogens is 1. The fraction of sp³-hybridized carbons (Fsp3) is 0.143. The molecular formula is C14H7F5N2. The summed E-state index contributed by atoms with van der Waals surface area (Å²) in [5.74, 6) is -10.2. The van der Waals surface area contributed by atoms with Crippen molar-refractivity contribution in [1.29, 1.82) is 5.26 Å². The van der Waals surface area contributed by atoms with Gasteiger partial charge in [0, 0.05) is 6.20 Å². The maximum Gasteiger partial charge on any atom is 0.200 e. The number of benzene rings is 1. The van der Waals surface area contributed by atoms with Gasteiger partial charge in [0.15, 0.2) is 23.3 Å². The highest BCUT2D eigenvalue weighted by Crippen LogP contribution is 2.32. The van der Waals surface area contributed by atoms with Crippen LogP contribution in [-0.4, -0.2) is 4.98 Å². The van der Waals surface area contributed by atoms with Crippen LogP contribution in [0.1, 0.15) is 11.1 Å². The van der Waals surface area contributed by atoms with Gasteiger partial charge < -0.3 is 0 Å². The maximum absolute atomic E-state index is 13.8. The van der Waals surface area contributed by atoms with Crippen LogP contribution in [-0.2, 0) is 6.42 Å². The van der Waals surface area contributed by atoms with Crippen LogP contribution >= 0.6 is 0 Å². The zero-order chi connectivity index (χ0) is 15.7. The molecule has 2 rings (SSSR count). The van der Waals surface area contributed by atoms with E-state index in [4.69, 9.17) is 5.26 Å². The molecule has 0 saturated carbocycles. The molecule has 0 unspecified atom stereocenters. The summed E-state index contributed by atoms with van der Waals surface area (Å²) in [6, 6.07) is 3.28. The minimum Gasteiger partial charge on any atom is -0.256 e. The third-order valence-electron chi connectivity index (χ3n) is 3.03. The van der Waals surface area contributed by atoms with Crippen LogP contribution in [0.15, 0.2) is 12.3 Å². The quantitative estimate of drug-likeness (QED) is 0.480. The first kappa shape index (κ1) is 14.9. The van der Waals surface area contributed by atoms with Crippen LogP contribution in [0.5, 0.6) is 0 Å². The summed E-state index contributed by atoms with van der Waals surface area (Å²) in [7, 11) is 0. The molecule has 0 saturated heterocycles. The number of hydrogen-bond acceptors (Lipinski definition) is 2. The molecule has 0 radical (unpaired) electrons. The molecular weight excluding hydrogens is 291 g/mol. The predicted octanol–water partition coefficient (Wildman–Crippen LogP) is 3.82. The fourth-order valence-electron chi connectivity index (χ4n) is 1.92. The van der Waals surface area contributed by atoms with Gasteiger partial charge in [0.1, 0.15) is 0 Å². The second kappa shape index (κ2) is 5.48. The summed E-state index contributed by atoms with van der Waals surface area (Å²) in [4.78, 5) is 3.68. The van der Waals surface area contributed by atoms with Crippen LogP contribution in [0.3, 0.4) is 0 Å². The first-order chi connectivity index (χ1) is 9.90. The lowest BCUT2D eigenvalue weighted by Gasteiger charge is -2.11. The summed E-state index contributed by atoms with van der Waals surface area (Å²) in [5.41, 5.74) is -0.895. The van der Waals surface area contributed by atoms with E-state index < -0.39 is 34.6 Å². The molecule has 1 heterocycles. The van der Waals surface area contributed by atoms with Crippen molar-refractivity contribution >= 4 is 0 Å². The van der Waals surface area contributed by atoms with Gasteiger partial charge in [-0.15, -0.1) is 0 Å². The van der Waals surface area contributed by atoms with Crippen molar-refractivity contribution in [2.45, 2.75) is 13.3 Å². The second-order valence-electron chi connectivity index (χ2n) is 4.22. The molecule has 0 N–H and O–H groups in total.